The first-order valence-electron chi connectivity index (χ1n) is 11.6. The lowest BCUT2D eigenvalue weighted by atomic mass is 10.2. The summed E-state index contributed by atoms with van der Waals surface area (Å²) in [6.07, 6.45) is 4.98. The Kier molecular flexibility index (Phi) is 6.76. The second-order valence-electron chi connectivity index (χ2n) is 8.53. The van der Waals surface area contributed by atoms with Crippen molar-refractivity contribution in [3.05, 3.63) is 79.0 Å². The SMILES string of the molecule is CN1CCN(c2cccc(NC(=O)Nc3ccc(Oc4ccnc(-c5cn[nH]c5)c4)cc3F)c2)CC1. The van der Waals surface area contributed by atoms with E-state index < -0.39 is 11.8 Å². The number of benzene rings is 2. The topological polar surface area (TPSA) is 98.4 Å². The van der Waals surface area contributed by atoms with Crippen LogP contribution >= 0.6 is 0 Å². The average molecular weight is 488 g/mol. The van der Waals surface area contributed by atoms with Crippen molar-refractivity contribution in [2.45, 2.75) is 0 Å². The van der Waals surface area contributed by atoms with E-state index in [4.69, 9.17) is 4.74 Å². The molecule has 0 spiro atoms. The highest BCUT2D eigenvalue weighted by Crippen LogP contribution is 2.28. The summed E-state index contributed by atoms with van der Waals surface area (Å²) in [6, 6.07) is 14.8. The van der Waals surface area contributed by atoms with Crippen LogP contribution in [0, 0.1) is 5.82 Å². The number of pyridine rings is 1. The summed E-state index contributed by atoms with van der Waals surface area (Å²) in [7, 11) is 2.11. The van der Waals surface area contributed by atoms with Crippen molar-refractivity contribution in [2.24, 2.45) is 0 Å². The van der Waals surface area contributed by atoms with Crippen LogP contribution in [0.2, 0.25) is 0 Å². The van der Waals surface area contributed by atoms with Gasteiger partial charge in [0.05, 0.1) is 17.6 Å². The summed E-state index contributed by atoms with van der Waals surface area (Å²) in [5.41, 5.74) is 3.21. The lowest BCUT2D eigenvalue weighted by Gasteiger charge is -2.34. The Balaban J connectivity index is 1.21. The Hall–Kier alpha value is -4.44. The molecule has 1 aliphatic heterocycles. The fourth-order valence-electron chi connectivity index (χ4n) is 3.95. The Bertz CT molecular complexity index is 1340. The number of piperazine rings is 1. The van der Waals surface area contributed by atoms with Gasteiger partial charge in [-0.3, -0.25) is 10.1 Å². The van der Waals surface area contributed by atoms with Gasteiger partial charge in [0, 0.05) is 67.6 Å². The number of urea groups is 1. The molecule has 10 heteroatoms. The zero-order valence-electron chi connectivity index (χ0n) is 19.7. The van der Waals surface area contributed by atoms with Gasteiger partial charge in [-0.15, -0.1) is 0 Å². The van der Waals surface area contributed by atoms with Gasteiger partial charge in [0.1, 0.15) is 17.3 Å². The molecule has 0 bridgehead atoms. The number of nitrogens with one attached hydrogen (secondary N) is 3. The number of halogens is 1. The van der Waals surface area contributed by atoms with Gasteiger partial charge >= 0.3 is 6.03 Å². The molecular formula is C26H26FN7O2. The second-order valence-corrected chi connectivity index (χ2v) is 8.53. The Morgan fingerprint density at radius 3 is 2.64 bits per heavy atom. The predicted octanol–water partition coefficient (Wildman–Crippen LogP) is 4.80. The van der Waals surface area contributed by atoms with Gasteiger partial charge in [-0.05, 0) is 43.4 Å². The Morgan fingerprint density at radius 1 is 1.03 bits per heavy atom. The Morgan fingerprint density at radius 2 is 1.86 bits per heavy atom. The Labute approximate surface area is 207 Å². The number of nitrogens with zero attached hydrogens (tertiary/aromatic N) is 4. The first kappa shape index (κ1) is 23.3. The van der Waals surface area contributed by atoms with Crippen molar-refractivity contribution in [1.29, 1.82) is 0 Å². The molecule has 1 fully saturated rings. The minimum Gasteiger partial charge on any atom is -0.457 e. The highest BCUT2D eigenvalue weighted by Gasteiger charge is 2.15. The highest BCUT2D eigenvalue weighted by atomic mass is 19.1. The maximum absolute atomic E-state index is 14.7. The summed E-state index contributed by atoms with van der Waals surface area (Å²) in [6.45, 7) is 3.83. The molecule has 0 aliphatic carbocycles. The van der Waals surface area contributed by atoms with Gasteiger partial charge in [0.25, 0.3) is 0 Å². The molecule has 36 heavy (non-hydrogen) atoms. The van der Waals surface area contributed by atoms with Crippen LogP contribution in [0.3, 0.4) is 0 Å². The fraction of sp³-hybridized carbons (Fsp3) is 0.192. The van der Waals surface area contributed by atoms with Crippen LogP contribution in [-0.2, 0) is 0 Å². The van der Waals surface area contributed by atoms with Gasteiger partial charge < -0.3 is 25.2 Å². The molecule has 9 nitrogen and oxygen atoms in total. The second kappa shape index (κ2) is 10.4. The summed E-state index contributed by atoms with van der Waals surface area (Å²) in [5, 5.41) is 12.0. The number of H-pyrrole nitrogens is 1. The molecular weight excluding hydrogens is 461 g/mol. The van der Waals surface area contributed by atoms with E-state index in [1.54, 1.807) is 42.9 Å². The number of hydrogen-bond acceptors (Lipinski definition) is 6. The monoisotopic (exact) mass is 487 g/mol. The average Bonchev–Trinajstić information content (AvgIpc) is 3.42. The standard InChI is InChI=1S/C26H26FN7O2/c1-33-9-11-34(12-10-33)20-4-2-3-19(13-20)31-26(35)32-24-6-5-21(14-23(24)27)36-22-7-8-28-25(15-22)18-16-29-30-17-18/h2-8,13-17H,9-12H2,1H3,(H,29,30)(H2,31,32,35). The van der Waals surface area contributed by atoms with Crippen molar-refractivity contribution >= 4 is 23.1 Å². The number of hydrogen-bond donors (Lipinski definition) is 3. The van der Waals surface area contributed by atoms with Gasteiger partial charge in [-0.25, -0.2) is 9.18 Å². The van der Waals surface area contributed by atoms with Crippen LogP contribution < -0.4 is 20.3 Å². The molecule has 3 heterocycles. The van der Waals surface area contributed by atoms with Gasteiger partial charge in [-0.2, -0.15) is 5.10 Å². The van der Waals surface area contributed by atoms with Crippen molar-refractivity contribution in [3.63, 3.8) is 0 Å². The molecule has 1 aliphatic rings. The molecule has 5 rings (SSSR count). The quantitative estimate of drug-likeness (QED) is 0.362. The van der Waals surface area contributed by atoms with Crippen LogP contribution in [-0.4, -0.2) is 59.3 Å². The van der Waals surface area contributed by atoms with E-state index in [2.05, 4.69) is 42.7 Å². The normalized spacial score (nSPS) is 13.9. The van der Waals surface area contributed by atoms with E-state index in [0.717, 1.165) is 37.4 Å². The number of aromatic amines is 1. The first-order chi connectivity index (χ1) is 17.5. The molecule has 3 N–H and O–H groups in total. The van der Waals surface area contributed by atoms with Crippen LogP contribution in [0.15, 0.2) is 73.2 Å². The molecule has 2 aromatic carbocycles. The maximum atomic E-state index is 14.7. The minimum absolute atomic E-state index is 0.0453. The number of amides is 2. The highest BCUT2D eigenvalue weighted by molar-refractivity contribution is 6.00. The zero-order chi connectivity index (χ0) is 24.9. The minimum atomic E-state index is -0.613. The molecule has 0 atom stereocenters. The lowest BCUT2D eigenvalue weighted by Crippen LogP contribution is -2.44. The van der Waals surface area contributed by atoms with Crippen molar-refractivity contribution in [2.75, 3.05) is 48.8 Å². The molecule has 4 aromatic rings. The number of ether oxygens (including phenoxy) is 1. The third-order valence-electron chi connectivity index (χ3n) is 5.92. The van der Waals surface area contributed by atoms with Gasteiger partial charge in [0.2, 0.25) is 0 Å². The molecule has 0 saturated carbocycles. The smallest absolute Gasteiger partial charge is 0.323 e. The van der Waals surface area contributed by atoms with Crippen molar-refractivity contribution in [3.8, 4) is 22.8 Å². The summed E-state index contributed by atoms with van der Waals surface area (Å²) < 4.78 is 20.5. The largest absolute Gasteiger partial charge is 0.457 e. The van der Waals surface area contributed by atoms with Crippen molar-refractivity contribution in [1.82, 2.24) is 20.1 Å². The summed E-state index contributed by atoms with van der Waals surface area (Å²) in [5.74, 6) is 0.180. The van der Waals surface area contributed by atoms with Crippen molar-refractivity contribution < 1.29 is 13.9 Å². The summed E-state index contributed by atoms with van der Waals surface area (Å²) >= 11 is 0. The molecule has 184 valence electrons. The zero-order valence-corrected chi connectivity index (χ0v) is 19.7. The van der Waals surface area contributed by atoms with Crippen LogP contribution in [0.25, 0.3) is 11.3 Å². The van der Waals surface area contributed by atoms with E-state index in [-0.39, 0.29) is 5.69 Å². The van der Waals surface area contributed by atoms with E-state index >= 15 is 0 Å². The van der Waals surface area contributed by atoms with Crippen LogP contribution in [0.4, 0.5) is 26.2 Å². The van der Waals surface area contributed by atoms with Gasteiger partial charge in [0.15, 0.2) is 0 Å². The third kappa shape index (κ3) is 5.61. The third-order valence-corrected chi connectivity index (χ3v) is 5.92. The number of aromatic nitrogens is 3. The number of rotatable bonds is 6. The summed E-state index contributed by atoms with van der Waals surface area (Å²) in [4.78, 5) is 21.4. The molecule has 0 unspecified atom stereocenters. The van der Waals surface area contributed by atoms with E-state index in [1.165, 1.54) is 12.1 Å². The first-order valence-corrected chi connectivity index (χ1v) is 11.6. The predicted molar refractivity (Wildman–Crippen MR) is 137 cm³/mol. The number of carbonyl (C=O) groups is 1. The van der Waals surface area contributed by atoms with Gasteiger partial charge in [-0.1, -0.05) is 6.07 Å². The number of carbonyl (C=O) groups excluding carboxylic acids is 1. The number of anilines is 3. The van der Waals surface area contributed by atoms with E-state index in [1.807, 2.05) is 18.2 Å². The maximum Gasteiger partial charge on any atom is 0.323 e. The molecule has 2 aromatic heterocycles. The molecule has 1 saturated heterocycles. The van der Waals surface area contributed by atoms with Crippen LogP contribution in [0.1, 0.15) is 0 Å². The lowest BCUT2D eigenvalue weighted by molar-refractivity contribution is 0.262. The van der Waals surface area contributed by atoms with E-state index in [0.29, 0.717) is 22.9 Å². The fourth-order valence-corrected chi connectivity index (χ4v) is 3.95. The number of likely N-dealkylation sites (N-methyl/N-ethyl adjacent to an activating group) is 1. The van der Waals surface area contributed by atoms with E-state index in [9.17, 15) is 9.18 Å². The molecule has 0 radical (unpaired) electrons. The van der Waals surface area contributed by atoms with Crippen LogP contribution in [0.5, 0.6) is 11.5 Å². The molecule has 2 amide bonds.